The van der Waals surface area contributed by atoms with Gasteiger partial charge in [0.2, 0.25) is 0 Å². The van der Waals surface area contributed by atoms with E-state index in [-0.39, 0.29) is 17.7 Å². The molecule has 0 spiro atoms. The fourth-order valence-electron chi connectivity index (χ4n) is 5.08. The maximum absolute atomic E-state index is 12.2. The average Bonchev–Trinajstić information content (AvgIpc) is 2.58. The van der Waals surface area contributed by atoms with Crippen molar-refractivity contribution in [2.75, 3.05) is 19.3 Å². The maximum atomic E-state index is 12.2. The third kappa shape index (κ3) is 2.76. The minimum Gasteiger partial charge on any atom is -0.505 e. The van der Waals surface area contributed by atoms with Crippen molar-refractivity contribution in [1.29, 1.82) is 0 Å². The molecule has 4 unspecified atom stereocenters. The lowest BCUT2D eigenvalue weighted by Gasteiger charge is -2.60. The molecule has 1 aliphatic rings. The molecule has 4 N–H and O–H groups in total. The minimum absolute atomic E-state index is 0.00271. The van der Waals surface area contributed by atoms with Crippen LogP contribution in [0.2, 0.25) is 0 Å². The van der Waals surface area contributed by atoms with Crippen molar-refractivity contribution < 1.29 is 10.2 Å². The lowest BCUT2D eigenvalue weighted by molar-refractivity contribution is -0.160. The van der Waals surface area contributed by atoms with Gasteiger partial charge >= 0.3 is 0 Å². The molecule has 1 aromatic carbocycles. The van der Waals surface area contributed by atoms with E-state index in [4.69, 9.17) is 5.73 Å². The number of nitrogens with two attached hydrogens (primary N) is 1. The Morgan fingerprint density at radius 2 is 2.12 bits per heavy atom. The van der Waals surface area contributed by atoms with E-state index >= 15 is 0 Å². The molecule has 140 valence electrons. The van der Waals surface area contributed by atoms with Gasteiger partial charge in [-0.05, 0) is 64.3 Å². The van der Waals surface area contributed by atoms with Crippen molar-refractivity contribution in [2.45, 2.75) is 64.0 Å². The number of nitrogen functional groups attached to an aromatic ring is 1. The highest BCUT2D eigenvalue weighted by Gasteiger charge is 2.60. The summed E-state index contributed by atoms with van der Waals surface area (Å²) in [6, 6.07) is 3.64. The van der Waals surface area contributed by atoms with Crippen molar-refractivity contribution in [3.63, 3.8) is 0 Å². The Morgan fingerprint density at radius 3 is 2.68 bits per heavy atom. The molecule has 1 saturated heterocycles. The van der Waals surface area contributed by atoms with Gasteiger partial charge in [0.25, 0.3) is 0 Å². The molecule has 0 amide bonds. The second kappa shape index (κ2) is 7.00. The lowest BCUT2D eigenvalue weighted by atomic mass is 9.53. The largest absolute Gasteiger partial charge is 0.505 e. The number of anilines is 1. The van der Waals surface area contributed by atoms with Gasteiger partial charge in [-0.2, -0.15) is 0 Å². The predicted molar refractivity (Wildman–Crippen MR) is 105 cm³/mol. The summed E-state index contributed by atoms with van der Waals surface area (Å²) in [6.45, 7) is 13.0. The number of aryl methyl sites for hydroxylation is 1. The Labute approximate surface area is 152 Å². The highest BCUT2D eigenvalue weighted by Crippen LogP contribution is 2.55. The summed E-state index contributed by atoms with van der Waals surface area (Å²) in [4.78, 5) is 2.21. The summed E-state index contributed by atoms with van der Waals surface area (Å²) in [5.74, 6) is 0.130. The number of nitrogens with zero attached hydrogens (tertiary/aromatic N) is 1. The first-order chi connectivity index (χ1) is 11.7. The number of benzene rings is 1. The summed E-state index contributed by atoms with van der Waals surface area (Å²) >= 11 is 0. The van der Waals surface area contributed by atoms with E-state index < -0.39 is 11.0 Å². The number of aliphatic hydroxyl groups is 1. The topological polar surface area (TPSA) is 69.7 Å². The van der Waals surface area contributed by atoms with Crippen molar-refractivity contribution in [3.05, 3.63) is 35.9 Å². The van der Waals surface area contributed by atoms with Crippen LogP contribution in [0.25, 0.3) is 0 Å². The molecule has 0 aromatic heterocycles. The van der Waals surface area contributed by atoms with Crippen LogP contribution in [0.15, 0.2) is 24.8 Å². The number of likely N-dealkylation sites (N-methyl/N-ethyl adjacent to an activating group) is 1. The summed E-state index contributed by atoms with van der Waals surface area (Å²) in [7, 11) is 2.06. The van der Waals surface area contributed by atoms with E-state index in [0.29, 0.717) is 5.69 Å². The average molecular weight is 347 g/mol. The first-order valence-corrected chi connectivity index (χ1v) is 9.29. The number of phenols is 1. The maximum Gasteiger partial charge on any atom is 0.142 e. The Balaban J connectivity index is 2.79. The van der Waals surface area contributed by atoms with E-state index in [1.807, 2.05) is 19.1 Å². The monoisotopic (exact) mass is 346 g/mol. The molecule has 0 saturated carbocycles. The van der Waals surface area contributed by atoms with Crippen LogP contribution >= 0.6 is 0 Å². The fourth-order valence-corrected chi connectivity index (χ4v) is 5.08. The number of aromatic hydroxyl groups is 1. The fraction of sp³-hybridized carbons (Fsp3) is 0.619. The zero-order chi connectivity index (χ0) is 19.0. The van der Waals surface area contributed by atoms with Gasteiger partial charge in [-0.15, -0.1) is 6.58 Å². The zero-order valence-electron chi connectivity index (χ0n) is 16.3. The van der Waals surface area contributed by atoms with Gasteiger partial charge in [0, 0.05) is 17.0 Å². The minimum atomic E-state index is -1.00. The highest BCUT2D eigenvalue weighted by molar-refractivity contribution is 5.62. The number of phenolic OH excluding ortho intramolecular Hbond substituents is 1. The zero-order valence-corrected chi connectivity index (χ0v) is 16.3. The number of piperidine rings is 1. The molecule has 1 fully saturated rings. The molecule has 1 aliphatic heterocycles. The van der Waals surface area contributed by atoms with Crippen molar-refractivity contribution in [3.8, 4) is 5.75 Å². The molecule has 4 heteroatoms. The van der Waals surface area contributed by atoms with E-state index in [1.165, 1.54) is 0 Å². The number of hydrogen-bond acceptors (Lipinski definition) is 4. The van der Waals surface area contributed by atoms with Crippen molar-refractivity contribution >= 4 is 5.69 Å². The van der Waals surface area contributed by atoms with E-state index in [9.17, 15) is 10.2 Å². The van der Waals surface area contributed by atoms with Crippen LogP contribution in [0.3, 0.4) is 0 Å². The van der Waals surface area contributed by atoms with Crippen LogP contribution in [0.5, 0.6) is 5.75 Å². The van der Waals surface area contributed by atoms with Crippen molar-refractivity contribution in [1.82, 2.24) is 4.90 Å². The number of allylic oxidation sites excluding steroid dienone is 1. The number of likely N-dealkylation sites (tertiary alicyclic amines) is 1. The van der Waals surface area contributed by atoms with Gasteiger partial charge in [0.15, 0.2) is 0 Å². The van der Waals surface area contributed by atoms with Crippen LogP contribution in [-0.4, -0.2) is 40.3 Å². The van der Waals surface area contributed by atoms with Gasteiger partial charge in [0.05, 0.1) is 11.3 Å². The van der Waals surface area contributed by atoms with E-state index in [2.05, 4.69) is 39.3 Å². The molecule has 4 atom stereocenters. The molecule has 1 aromatic rings. The normalized spacial score (nSPS) is 31.7. The van der Waals surface area contributed by atoms with E-state index in [0.717, 1.165) is 36.9 Å². The molecule has 1 heterocycles. The number of hydrogen-bond donors (Lipinski definition) is 3. The van der Waals surface area contributed by atoms with Crippen LogP contribution in [-0.2, 0) is 5.41 Å². The number of rotatable bonds is 5. The van der Waals surface area contributed by atoms with Gasteiger partial charge in [-0.3, -0.25) is 0 Å². The summed E-state index contributed by atoms with van der Waals surface area (Å²) in [5.41, 5.74) is 6.65. The molecule has 0 bridgehead atoms. The molecular weight excluding hydrogens is 312 g/mol. The van der Waals surface area contributed by atoms with Crippen LogP contribution in [0, 0.1) is 12.8 Å². The molecule has 4 nitrogen and oxygen atoms in total. The molecule has 2 rings (SSSR count). The van der Waals surface area contributed by atoms with Gasteiger partial charge in [-0.1, -0.05) is 26.0 Å². The van der Waals surface area contributed by atoms with Gasteiger partial charge < -0.3 is 20.8 Å². The molecular formula is C21H34N2O2. The van der Waals surface area contributed by atoms with Crippen LogP contribution in [0.4, 0.5) is 5.69 Å². The third-order valence-corrected chi connectivity index (χ3v) is 6.73. The summed E-state index contributed by atoms with van der Waals surface area (Å²) in [6.07, 6.45) is 4.11. The first-order valence-electron chi connectivity index (χ1n) is 9.29. The standard InChI is InChI=1S/C21H34N2O2/c1-7-9-15(4)21(25)16(5)23(6)13-12-20(21,8-2)18-14(3)10-11-17(22)19(18)24/h7,10-11,15-16,24-25H,1,8-9,12-13,22H2,2-6H3. The van der Waals surface area contributed by atoms with Crippen LogP contribution in [0.1, 0.15) is 51.2 Å². The second-order valence-electron chi connectivity index (χ2n) is 7.79. The predicted octanol–water partition coefficient (Wildman–Crippen LogP) is 3.60. The Kier molecular flexibility index (Phi) is 5.55. The molecule has 0 radical (unpaired) electrons. The second-order valence-corrected chi connectivity index (χ2v) is 7.79. The smallest absolute Gasteiger partial charge is 0.142 e. The molecule has 25 heavy (non-hydrogen) atoms. The molecule has 0 aliphatic carbocycles. The Hall–Kier alpha value is -1.52. The summed E-state index contributed by atoms with van der Waals surface area (Å²) in [5, 5.41) is 23.0. The Bertz CT molecular complexity index is 645. The quantitative estimate of drug-likeness (QED) is 0.433. The highest BCUT2D eigenvalue weighted by atomic mass is 16.3. The summed E-state index contributed by atoms with van der Waals surface area (Å²) < 4.78 is 0. The van der Waals surface area contributed by atoms with Gasteiger partial charge in [-0.25, -0.2) is 0 Å². The first kappa shape index (κ1) is 19.8. The third-order valence-electron chi connectivity index (χ3n) is 6.73. The SMILES string of the molecule is C=CCC(C)C1(O)C(C)N(C)CCC1(CC)c1c(C)ccc(N)c1O. The Morgan fingerprint density at radius 1 is 1.48 bits per heavy atom. The van der Waals surface area contributed by atoms with E-state index in [1.54, 1.807) is 6.07 Å². The van der Waals surface area contributed by atoms with Crippen molar-refractivity contribution in [2.24, 2.45) is 5.92 Å². The van der Waals surface area contributed by atoms with Crippen LogP contribution < -0.4 is 5.73 Å². The lowest BCUT2D eigenvalue weighted by Crippen LogP contribution is -2.69. The van der Waals surface area contributed by atoms with Gasteiger partial charge in [0.1, 0.15) is 5.75 Å².